The van der Waals surface area contributed by atoms with E-state index in [1.807, 2.05) is 6.07 Å². The van der Waals surface area contributed by atoms with Crippen LogP contribution in [0.1, 0.15) is 5.56 Å². The third-order valence-corrected chi connectivity index (χ3v) is 2.28. The molecule has 0 saturated heterocycles. The second-order valence-corrected chi connectivity index (χ2v) is 3.34. The van der Waals surface area contributed by atoms with E-state index in [0.29, 0.717) is 6.54 Å². The van der Waals surface area contributed by atoms with Gasteiger partial charge >= 0.3 is 0 Å². The molecule has 0 aliphatic rings. The van der Waals surface area contributed by atoms with E-state index in [9.17, 15) is 0 Å². The van der Waals surface area contributed by atoms with Gasteiger partial charge in [-0.05, 0) is 24.1 Å². The lowest BCUT2D eigenvalue weighted by atomic mass is 10.1. The Labute approximate surface area is 87.9 Å². The molecule has 2 aromatic rings. The lowest BCUT2D eigenvalue weighted by molar-refractivity contribution is 0.750. The number of benzene rings is 1. The first kappa shape index (κ1) is 9.69. The van der Waals surface area contributed by atoms with Crippen molar-refractivity contribution < 1.29 is 0 Å². The molecule has 4 heteroatoms. The molecule has 1 heterocycles. The minimum absolute atomic E-state index is 0.409. The van der Waals surface area contributed by atoms with Crippen molar-refractivity contribution in [2.24, 2.45) is 0 Å². The van der Waals surface area contributed by atoms with Gasteiger partial charge < -0.3 is 10.3 Å². The number of aromatic amines is 1. The van der Waals surface area contributed by atoms with Crippen LogP contribution in [0, 0.1) is 11.3 Å². The molecule has 4 nitrogen and oxygen atoms in total. The van der Waals surface area contributed by atoms with Gasteiger partial charge in [0.15, 0.2) is 0 Å². The summed E-state index contributed by atoms with van der Waals surface area (Å²) in [5, 5.41) is 11.4. The third-order valence-electron chi connectivity index (χ3n) is 2.28. The Bertz CT molecular complexity index is 481. The van der Waals surface area contributed by atoms with Crippen LogP contribution in [0.15, 0.2) is 24.5 Å². The van der Waals surface area contributed by atoms with Crippen molar-refractivity contribution in [3.05, 3.63) is 30.1 Å². The van der Waals surface area contributed by atoms with Gasteiger partial charge in [-0.25, -0.2) is 4.98 Å². The number of nitrogens with zero attached hydrogens (tertiary/aromatic N) is 2. The highest BCUT2D eigenvalue weighted by Gasteiger charge is 1.97. The molecule has 0 atom stereocenters. The van der Waals surface area contributed by atoms with Crippen molar-refractivity contribution in [1.82, 2.24) is 15.3 Å². The minimum Gasteiger partial charge on any atom is -0.345 e. The molecule has 0 bridgehead atoms. The molecule has 2 N–H and O–H groups in total. The van der Waals surface area contributed by atoms with Gasteiger partial charge in [-0.2, -0.15) is 5.26 Å². The van der Waals surface area contributed by atoms with Gasteiger partial charge in [0.1, 0.15) is 0 Å². The van der Waals surface area contributed by atoms with E-state index in [1.54, 1.807) is 6.33 Å². The fourth-order valence-corrected chi connectivity index (χ4v) is 1.52. The maximum Gasteiger partial charge on any atom is 0.0931 e. The zero-order chi connectivity index (χ0) is 10.5. The summed E-state index contributed by atoms with van der Waals surface area (Å²) < 4.78 is 0. The second kappa shape index (κ2) is 4.58. The Hall–Kier alpha value is -1.86. The molecular weight excluding hydrogens is 188 g/mol. The Morgan fingerprint density at radius 2 is 2.40 bits per heavy atom. The van der Waals surface area contributed by atoms with E-state index in [0.717, 1.165) is 24.0 Å². The molecule has 0 spiro atoms. The van der Waals surface area contributed by atoms with Crippen molar-refractivity contribution in [2.75, 3.05) is 13.1 Å². The summed E-state index contributed by atoms with van der Waals surface area (Å²) in [5.41, 5.74) is 3.30. The van der Waals surface area contributed by atoms with E-state index in [4.69, 9.17) is 5.26 Å². The molecular formula is C11H12N4. The smallest absolute Gasteiger partial charge is 0.0931 e. The predicted octanol–water partition coefficient (Wildman–Crippen LogP) is 1.22. The van der Waals surface area contributed by atoms with Gasteiger partial charge in [0.25, 0.3) is 0 Å². The molecule has 0 saturated carbocycles. The Morgan fingerprint density at radius 3 is 3.27 bits per heavy atom. The van der Waals surface area contributed by atoms with E-state index in [2.05, 4.69) is 33.5 Å². The summed E-state index contributed by atoms with van der Waals surface area (Å²) in [6, 6.07) is 8.22. The summed E-state index contributed by atoms with van der Waals surface area (Å²) in [4.78, 5) is 7.23. The summed E-state index contributed by atoms with van der Waals surface area (Å²) in [5.74, 6) is 0. The molecule has 76 valence electrons. The highest BCUT2D eigenvalue weighted by Crippen LogP contribution is 2.11. The van der Waals surface area contributed by atoms with Crippen molar-refractivity contribution in [2.45, 2.75) is 6.42 Å². The number of hydrogen-bond donors (Lipinski definition) is 2. The van der Waals surface area contributed by atoms with Crippen LogP contribution in [0.25, 0.3) is 11.0 Å². The second-order valence-electron chi connectivity index (χ2n) is 3.34. The van der Waals surface area contributed by atoms with E-state index < -0.39 is 0 Å². The first-order chi connectivity index (χ1) is 7.40. The maximum absolute atomic E-state index is 8.35. The molecule has 15 heavy (non-hydrogen) atoms. The molecule has 0 amide bonds. The number of nitrogens with one attached hydrogen (secondary N) is 2. The van der Waals surface area contributed by atoms with Crippen LogP contribution in [0.4, 0.5) is 0 Å². The average Bonchev–Trinajstić information content (AvgIpc) is 2.71. The van der Waals surface area contributed by atoms with Crippen LogP contribution in [-0.4, -0.2) is 23.1 Å². The molecule has 1 aromatic heterocycles. The van der Waals surface area contributed by atoms with Gasteiger partial charge in [-0.1, -0.05) is 6.07 Å². The number of hydrogen-bond acceptors (Lipinski definition) is 3. The van der Waals surface area contributed by atoms with Gasteiger partial charge in [-0.3, -0.25) is 0 Å². The Kier molecular flexibility index (Phi) is 2.96. The maximum atomic E-state index is 8.35. The van der Waals surface area contributed by atoms with Gasteiger partial charge in [0.2, 0.25) is 0 Å². The topological polar surface area (TPSA) is 64.5 Å². The number of nitriles is 1. The van der Waals surface area contributed by atoms with E-state index in [1.165, 1.54) is 5.56 Å². The summed E-state index contributed by atoms with van der Waals surface area (Å²) in [7, 11) is 0. The molecule has 2 rings (SSSR count). The van der Waals surface area contributed by atoms with Crippen molar-refractivity contribution in [1.29, 1.82) is 5.26 Å². The lowest BCUT2D eigenvalue weighted by Crippen LogP contribution is -2.17. The number of H-pyrrole nitrogens is 1. The summed E-state index contributed by atoms with van der Waals surface area (Å²) in [6.07, 6.45) is 2.62. The fraction of sp³-hybridized carbons (Fsp3) is 0.273. The zero-order valence-electron chi connectivity index (χ0n) is 8.33. The van der Waals surface area contributed by atoms with Crippen molar-refractivity contribution >= 4 is 11.0 Å². The number of rotatable bonds is 4. The van der Waals surface area contributed by atoms with Crippen LogP contribution in [-0.2, 0) is 6.42 Å². The number of fused-ring (bicyclic) bond motifs is 1. The van der Waals surface area contributed by atoms with E-state index in [-0.39, 0.29) is 0 Å². The van der Waals surface area contributed by atoms with Crippen molar-refractivity contribution in [3.63, 3.8) is 0 Å². The first-order valence-corrected chi connectivity index (χ1v) is 4.90. The largest absolute Gasteiger partial charge is 0.345 e. The summed E-state index contributed by atoms with van der Waals surface area (Å²) in [6.45, 7) is 1.24. The fourth-order valence-electron chi connectivity index (χ4n) is 1.52. The van der Waals surface area contributed by atoms with Crippen molar-refractivity contribution in [3.8, 4) is 6.07 Å². The normalized spacial score (nSPS) is 10.3. The molecule has 0 aliphatic carbocycles. The SMILES string of the molecule is N#CCNCCc1ccc2nc[nH]c2c1. The van der Waals surface area contributed by atoms with Gasteiger partial charge in [0.05, 0.1) is 30.0 Å². The predicted molar refractivity (Wildman–Crippen MR) is 58.3 cm³/mol. The van der Waals surface area contributed by atoms with Crippen LogP contribution in [0.5, 0.6) is 0 Å². The number of imidazole rings is 1. The third kappa shape index (κ3) is 2.33. The van der Waals surface area contributed by atoms with Gasteiger partial charge in [-0.15, -0.1) is 0 Å². The molecule has 0 aliphatic heterocycles. The Balaban J connectivity index is 1.99. The zero-order valence-corrected chi connectivity index (χ0v) is 8.33. The molecule has 0 fully saturated rings. The van der Waals surface area contributed by atoms with Gasteiger partial charge in [0, 0.05) is 6.54 Å². The molecule has 1 aromatic carbocycles. The highest BCUT2D eigenvalue weighted by molar-refractivity contribution is 5.74. The van der Waals surface area contributed by atoms with Crippen LogP contribution >= 0.6 is 0 Å². The molecule has 0 unspecified atom stereocenters. The van der Waals surface area contributed by atoms with Crippen LogP contribution in [0.2, 0.25) is 0 Å². The quantitative estimate of drug-likeness (QED) is 0.576. The summed E-state index contributed by atoms with van der Waals surface area (Å²) >= 11 is 0. The van der Waals surface area contributed by atoms with Crippen LogP contribution < -0.4 is 5.32 Å². The standard InChI is InChI=1S/C11H12N4/c12-4-6-13-5-3-9-1-2-10-11(7-9)15-8-14-10/h1-2,7-8,13H,3,5-6H2,(H,14,15). The lowest BCUT2D eigenvalue weighted by Gasteiger charge is -2.01. The number of aromatic nitrogens is 2. The highest BCUT2D eigenvalue weighted by atomic mass is 14.9. The first-order valence-electron chi connectivity index (χ1n) is 4.90. The molecule has 0 radical (unpaired) electrons. The van der Waals surface area contributed by atoms with E-state index >= 15 is 0 Å². The Morgan fingerprint density at radius 1 is 1.47 bits per heavy atom. The average molecular weight is 200 g/mol. The monoisotopic (exact) mass is 200 g/mol. The van der Waals surface area contributed by atoms with Crippen LogP contribution in [0.3, 0.4) is 0 Å². The minimum atomic E-state index is 0.409.